The summed E-state index contributed by atoms with van der Waals surface area (Å²) in [7, 11) is 0. The van der Waals surface area contributed by atoms with E-state index in [0.29, 0.717) is 19.0 Å². The molecule has 5 heteroatoms. The number of guanidine groups is 1. The molecule has 0 saturated carbocycles. The lowest BCUT2D eigenvalue weighted by Gasteiger charge is -2.26. The fourth-order valence-corrected chi connectivity index (χ4v) is 1.77. The Morgan fingerprint density at radius 3 is 2.88 bits per heavy atom. The third-order valence-corrected chi connectivity index (χ3v) is 2.70. The fourth-order valence-electron chi connectivity index (χ4n) is 1.77. The first-order chi connectivity index (χ1) is 7.77. The maximum atomic E-state index is 8.98. The number of nitrogens with one attached hydrogen (secondary N) is 3. The molecule has 1 fully saturated rings. The summed E-state index contributed by atoms with van der Waals surface area (Å²) in [5.74, 6) is 0.674. The Hall–Kier alpha value is -1.54. The molecule has 0 radical (unpaired) electrons. The predicted molar refractivity (Wildman–Crippen MR) is 63.8 cm³/mol. The standard InChI is InChI=1S/C11H19N5/c1-2-5-15-11(13)16(9-12)8-10-3-6-14-7-4-10/h2,10,14H,1,3-8H2,(H2,13,15). The van der Waals surface area contributed by atoms with Gasteiger partial charge in [-0.25, -0.2) is 4.90 Å². The molecule has 0 bridgehead atoms. The zero-order valence-electron chi connectivity index (χ0n) is 9.50. The summed E-state index contributed by atoms with van der Waals surface area (Å²) in [6, 6.07) is 0. The lowest BCUT2D eigenvalue weighted by Crippen LogP contribution is -2.42. The van der Waals surface area contributed by atoms with E-state index in [1.54, 1.807) is 6.08 Å². The molecule has 1 rings (SSSR count). The van der Waals surface area contributed by atoms with Crippen LogP contribution < -0.4 is 10.6 Å². The van der Waals surface area contributed by atoms with Crippen LogP contribution >= 0.6 is 0 Å². The summed E-state index contributed by atoms with van der Waals surface area (Å²) in [6.07, 6.45) is 5.88. The van der Waals surface area contributed by atoms with Gasteiger partial charge in [0.1, 0.15) is 0 Å². The topological polar surface area (TPSA) is 74.9 Å². The predicted octanol–water partition coefficient (Wildman–Crippen LogP) is 0.479. The highest BCUT2D eigenvalue weighted by molar-refractivity contribution is 5.78. The Kier molecular flexibility index (Phi) is 5.37. The SMILES string of the molecule is C=CCNC(=N)N(C#N)CC1CCNCC1. The molecule has 1 heterocycles. The van der Waals surface area contributed by atoms with Gasteiger partial charge in [-0.15, -0.1) is 6.58 Å². The van der Waals surface area contributed by atoms with Crippen molar-refractivity contribution in [3.05, 3.63) is 12.7 Å². The highest BCUT2D eigenvalue weighted by atomic mass is 15.3. The summed E-state index contributed by atoms with van der Waals surface area (Å²) in [5, 5.41) is 22.8. The molecular weight excluding hydrogens is 202 g/mol. The van der Waals surface area contributed by atoms with Gasteiger partial charge in [0, 0.05) is 13.1 Å². The van der Waals surface area contributed by atoms with Crippen LogP contribution in [0.5, 0.6) is 0 Å². The molecule has 0 unspecified atom stereocenters. The first kappa shape index (κ1) is 12.5. The highest BCUT2D eigenvalue weighted by Crippen LogP contribution is 2.12. The van der Waals surface area contributed by atoms with Gasteiger partial charge in [-0.1, -0.05) is 6.08 Å². The van der Waals surface area contributed by atoms with Gasteiger partial charge >= 0.3 is 0 Å². The molecule has 0 aliphatic carbocycles. The first-order valence-electron chi connectivity index (χ1n) is 5.59. The van der Waals surface area contributed by atoms with Crippen molar-refractivity contribution in [2.24, 2.45) is 5.92 Å². The Labute approximate surface area is 96.6 Å². The fraction of sp³-hybridized carbons (Fsp3) is 0.636. The summed E-state index contributed by atoms with van der Waals surface area (Å²) in [4.78, 5) is 1.42. The number of rotatable bonds is 4. The van der Waals surface area contributed by atoms with Crippen LogP contribution in [0.3, 0.4) is 0 Å². The molecule has 1 saturated heterocycles. The summed E-state index contributed by atoms with van der Waals surface area (Å²) >= 11 is 0. The minimum atomic E-state index is 0.168. The largest absolute Gasteiger partial charge is 0.352 e. The number of hydrogen-bond donors (Lipinski definition) is 3. The number of hydrogen-bond acceptors (Lipinski definition) is 3. The first-order valence-corrected chi connectivity index (χ1v) is 5.59. The Balaban J connectivity index is 2.38. The van der Waals surface area contributed by atoms with Crippen LogP contribution in [0.15, 0.2) is 12.7 Å². The normalized spacial score (nSPS) is 16.2. The lowest BCUT2D eigenvalue weighted by molar-refractivity contribution is 0.321. The van der Waals surface area contributed by atoms with Gasteiger partial charge in [0.15, 0.2) is 6.19 Å². The van der Waals surface area contributed by atoms with E-state index in [-0.39, 0.29) is 5.96 Å². The molecule has 88 valence electrons. The average molecular weight is 221 g/mol. The molecule has 0 atom stereocenters. The molecule has 3 N–H and O–H groups in total. The van der Waals surface area contributed by atoms with Gasteiger partial charge in [0.25, 0.3) is 0 Å². The van der Waals surface area contributed by atoms with Crippen LogP contribution in [-0.4, -0.2) is 37.0 Å². The minimum Gasteiger partial charge on any atom is -0.352 e. The van der Waals surface area contributed by atoms with Gasteiger partial charge in [0.05, 0.1) is 0 Å². The van der Waals surface area contributed by atoms with Crippen molar-refractivity contribution >= 4 is 5.96 Å². The van der Waals surface area contributed by atoms with Gasteiger partial charge in [0.2, 0.25) is 5.96 Å². The van der Waals surface area contributed by atoms with Crippen LogP contribution in [0.1, 0.15) is 12.8 Å². The molecule has 0 aromatic rings. The Morgan fingerprint density at radius 2 is 2.31 bits per heavy atom. The van der Waals surface area contributed by atoms with Crippen molar-refractivity contribution in [2.45, 2.75) is 12.8 Å². The molecular formula is C11H19N5. The molecule has 0 amide bonds. The van der Waals surface area contributed by atoms with Gasteiger partial charge in [-0.2, -0.15) is 5.26 Å². The molecule has 16 heavy (non-hydrogen) atoms. The van der Waals surface area contributed by atoms with Crippen molar-refractivity contribution in [1.29, 1.82) is 10.7 Å². The highest BCUT2D eigenvalue weighted by Gasteiger charge is 2.18. The summed E-state index contributed by atoms with van der Waals surface area (Å²) < 4.78 is 0. The van der Waals surface area contributed by atoms with Gasteiger partial charge in [-0.3, -0.25) is 5.41 Å². The Morgan fingerprint density at radius 1 is 1.62 bits per heavy atom. The van der Waals surface area contributed by atoms with Crippen molar-refractivity contribution in [3.8, 4) is 6.19 Å². The number of nitriles is 1. The Bertz CT molecular complexity index is 275. The summed E-state index contributed by atoms with van der Waals surface area (Å²) in [5.41, 5.74) is 0. The van der Waals surface area contributed by atoms with Gasteiger partial charge in [-0.05, 0) is 31.8 Å². The second-order valence-electron chi connectivity index (χ2n) is 3.92. The second kappa shape index (κ2) is 6.85. The molecule has 0 spiro atoms. The van der Waals surface area contributed by atoms with E-state index in [2.05, 4.69) is 17.2 Å². The molecule has 0 aromatic carbocycles. The van der Waals surface area contributed by atoms with Crippen LogP contribution in [0, 0.1) is 22.8 Å². The maximum Gasteiger partial charge on any atom is 0.204 e. The number of nitrogens with zero attached hydrogens (tertiary/aromatic N) is 2. The quantitative estimate of drug-likeness (QED) is 0.212. The van der Waals surface area contributed by atoms with E-state index in [0.717, 1.165) is 25.9 Å². The molecule has 1 aliphatic rings. The van der Waals surface area contributed by atoms with E-state index in [1.807, 2.05) is 6.19 Å². The van der Waals surface area contributed by atoms with Crippen molar-refractivity contribution in [3.63, 3.8) is 0 Å². The van der Waals surface area contributed by atoms with Gasteiger partial charge < -0.3 is 10.6 Å². The average Bonchev–Trinajstić information content (AvgIpc) is 2.34. The van der Waals surface area contributed by atoms with E-state index < -0.39 is 0 Å². The number of piperidine rings is 1. The monoisotopic (exact) mass is 221 g/mol. The van der Waals surface area contributed by atoms with Crippen LogP contribution in [0.4, 0.5) is 0 Å². The zero-order chi connectivity index (χ0) is 11.8. The minimum absolute atomic E-state index is 0.168. The third-order valence-electron chi connectivity index (χ3n) is 2.70. The zero-order valence-corrected chi connectivity index (χ0v) is 9.50. The smallest absolute Gasteiger partial charge is 0.204 e. The lowest BCUT2D eigenvalue weighted by atomic mass is 9.98. The molecule has 1 aliphatic heterocycles. The van der Waals surface area contributed by atoms with Crippen LogP contribution in [0.25, 0.3) is 0 Å². The van der Waals surface area contributed by atoms with Crippen molar-refractivity contribution < 1.29 is 0 Å². The second-order valence-corrected chi connectivity index (χ2v) is 3.92. The maximum absolute atomic E-state index is 8.98. The summed E-state index contributed by atoms with van der Waals surface area (Å²) in [6.45, 7) is 6.74. The van der Waals surface area contributed by atoms with Crippen molar-refractivity contribution in [1.82, 2.24) is 15.5 Å². The van der Waals surface area contributed by atoms with Crippen LogP contribution in [0.2, 0.25) is 0 Å². The van der Waals surface area contributed by atoms with E-state index in [1.165, 1.54) is 4.90 Å². The van der Waals surface area contributed by atoms with E-state index in [9.17, 15) is 0 Å². The van der Waals surface area contributed by atoms with Crippen molar-refractivity contribution in [2.75, 3.05) is 26.2 Å². The van der Waals surface area contributed by atoms with Crippen LogP contribution in [-0.2, 0) is 0 Å². The molecule has 5 nitrogen and oxygen atoms in total. The van der Waals surface area contributed by atoms with E-state index >= 15 is 0 Å². The van der Waals surface area contributed by atoms with E-state index in [4.69, 9.17) is 10.7 Å². The molecule has 0 aromatic heterocycles. The third kappa shape index (κ3) is 3.91.